The molecule has 1 saturated heterocycles. The van der Waals surface area contributed by atoms with Gasteiger partial charge < -0.3 is 15.2 Å². The third-order valence-corrected chi connectivity index (χ3v) is 3.73. The number of aliphatic carboxylic acids is 1. The van der Waals surface area contributed by atoms with E-state index in [0.717, 1.165) is 38.1 Å². The van der Waals surface area contributed by atoms with Crippen molar-refractivity contribution in [2.24, 2.45) is 0 Å². The van der Waals surface area contributed by atoms with Crippen molar-refractivity contribution in [2.45, 2.75) is 31.3 Å². The average molecular weight is 426 g/mol. The largest absolute Gasteiger partial charge is 0.490 e. The van der Waals surface area contributed by atoms with Crippen LogP contribution in [0.4, 0.5) is 26.3 Å². The zero-order valence-corrected chi connectivity index (χ0v) is 14.7. The number of nitrogens with one attached hydrogen (secondary N) is 1. The lowest BCUT2D eigenvalue weighted by molar-refractivity contribution is -0.192. The molecule has 0 unspecified atom stereocenters. The predicted octanol–water partition coefficient (Wildman–Crippen LogP) is 3.05. The molecule has 1 aliphatic heterocycles. The first-order valence-electron chi connectivity index (χ1n) is 8.21. The molecule has 1 aliphatic rings. The summed E-state index contributed by atoms with van der Waals surface area (Å²) in [6.07, 6.45) is -5.43. The maximum Gasteiger partial charge on any atom is 0.490 e. The monoisotopic (exact) mass is 426 g/mol. The summed E-state index contributed by atoms with van der Waals surface area (Å²) in [5.41, 5.74) is -0.485. The van der Waals surface area contributed by atoms with E-state index in [9.17, 15) is 26.3 Å². The van der Waals surface area contributed by atoms with Gasteiger partial charge in [-0.3, -0.25) is 0 Å². The van der Waals surface area contributed by atoms with Crippen LogP contribution in [0.1, 0.15) is 18.4 Å². The van der Waals surface area contributed by atoms with Crippen molar-refractivity contribution in [3.63, 3.8) is 0 Å². The minimum Gasteiger partial charge on any atom is -0.490 e. The highest BCUT2D eigenvalue weighted by atomic mass is 19.4. The first kappa shape index (κ1) is 22.5. The Morgan fingerprint density at radius 1 is 1.14 bits per heavy atom. The Labute approximate surface area is 160 Å². The van der Waals surface area contributed by atoms with E-state index in [1.54, 1.807) is 6.07 Å². The molecule has 0 saturated carbocycles. The van der Waals surface area contributed by atoms with Gasteiger partial charge in [0, 0.05) is 6.07 Å². The molecule has 7 nitrogen and oxygen atoms in total. The number of ether oxygens (including phenoxy) is 1. The van der Waals surface area contributed by atoms with Crippen molar-refractivity contribution in [3.05, 3.63) is 36.4 Å². The number of benzene rings is 1. The van der Waals surface area contributed by atoms with Crippen molar-refractivity contribution in [3.8, 4) is 11.4 Å². The minimum atomic E-state index is -5.08. The second-order valence-electron chi connectivity index (χ2n) is 5.92. The van der Waals surface area contributed by atoms with Gasteiger partial charge in [-0.1, -0.05) is 0 Å². The average Bonchev–Trinajstić information content (AvgIpc) is 3.16. The number of rotatable bonds is 3. The van der Waals surface area contributed by atoms with Gasteiger partial charge in [-0.05, 0) is 38.1 Å². The highest BCUT2D eigenvalue weighted by Gasteiger charge is 2.38. The minimum absolute atomic E-state index is 0.0756. The number of carboxylic acid groups (broad SMARTS) is 1. The molecule has 13 heteroatoms. The molecule has 2 aromatic rings. The molecule has 0 spiro atoms. The Kier molecular flexibility index (Phi) is 7.06. The van der Waals surface area contributed by atoms with Crippen LogP contribution in [-0.4, -0.2) is 51.2 Å². The Balaban J connectivity index is 0.000000370. The third-order valence-electron chi connectivity index (χ3n) is 3.73. The quantitative estimate of drug-likeness (QED) is 0.734. The molecule has 1 fully saturated rings. The standard InChI is InChI=1S/C14H15F3N4O.C2HF3O2/c15-14(16,17)10-5-11(21-9-19-8-20-21)7-13(6-10)22-12-1-3-18-4-2-12;3-2(4,5)1(6)7/h5-9,12,18H,1-4H2;(H,6,7). The third kappa shape index (κ3) is 6.93. The molecule has 1 aromatic carbocycles. The van der Waals surface area contributed by atoms with Crippen molar-refractivity contribution >= 4 is 5.97 Å². The van der Waals surface area contributed by atoms with Crippen LogP contribution >= 0.6 is 0 Å². The van der Waals surface area contributed by atoms with Gasteiger partial charge in [-0.2, -0.15) is 31.4 Å². The molecule has 0 bridgehead atoms. The van der Waals surface area contributed by atoms with E-state index in [-0.39, 0.29) is 17.5 Å². The van der Waals surface area contributed by atoms with E-state index < -0.39 is 23.9 Å². The molecule has 0 atom stereocenters. The number of piperidine rings is 1. The van der Waals surface area contributed by atoms with Crippen molar-refractivity contribution in [1.29, 1.82) is 0 Å². The number of carboxylic acids is 1. The Morgan fingerprint density at radius 2 is 1.76 bits per heavy atom. The van der Waals surface area contributed by atoms with Gasteiger partial charge in [-0.25, -0.2) is 14.5 Å². The van der Waals surface area contributed by atoms with Gasteiger partial charge in [0.25, 0.3) is 0 Å². The van der Waals surface area contributed by atoms with Gasteiger partial charge in [0.2, 0.25) is 0 Å². The number of aromatic nitrogens is 3. The van der Waals surface area contributed by atoms with Crippen LogP contribution in [0.15, 0.2) is 30.9 Å². The Bertz CT molecular complexity index is 802. The van der Waals surface area contributed by atoms with Crippen molar-refractivity contribution in [1.82, 2.24) is 20.1 Å². The number of carbonyl (C=O) groups is 1. The molecule has 160 valence electrons. The number of alkyl halides is 6. The fourth-order valence-electron chi connectivity index (χ4n) is 2.39. The van der Waals surface area contributed by atoms with Gasteiger partial charge in [0.05, 0.1) is 11.3 Å². The first-order chi connectivity index (χ1) is 13.5. The summed E-state index contributed by atoms with van der Waals surface area (Å²) >= 11 is 0. The van der Waals surface area contributed by atoms with E-state index in [1.807, 2.05) is 0 Å². The van der Waals surface area contributed by atoms with E-state index in [0.29, 0.717) is 0 Å². The van der Waals surface area contributed by atoms with Gasteiger partial charge >= 0.3 is 18.3 Å². The van der Waals surface area contributed by atoms with E-state index in [1.165, 1.54) is 17.3 Å². The van der Waals surface area contributed by atoms with Gasteiger partial charge in [0.1, 0.15) is 24.5 Å². The summed E-state index contributed by atoms with van der Waals surface area (Å²) in [5.74, 6) is -2.56. The lowest BCUT2D eigenvalue weighted by Gasteiger charge is -2.24. The highest BCUT2D eigenvalue weighted by molar-refractivity contribution is 5.73. The zero-order valence-electron chi connectivity index (χ0n) is 14.7. The summed E-state index contributed by atoms with van der Waals surface area (Å²) < 4.78 is 77.9. The number of hydrogen-bond donors (Lipinski definition) is 2. The van der Waals surface area contributed by atoms with Gasteiger partial charge in [0.15, 0.2) is 0 Å². The number of hydrogen-bond acceptors (Lipinski definition) is 5. The Morgan fingerprint density at radius 3 is 2.24 bits per heavy atom. The lowest BCUT2D eigenvalue weighted by atomic mass is 10.1. The van der Waals surface area contributed by atoms with Crippen LogP contribution in [0.2, 0.25) is 0 Å². The molecule has 1 aromatic heterocycles. The summed E-state index contributed by atoms with van der Waals surface area (Å²) in [4.78, 5) is 12.7. The number of nitrogens with zero attached hydrogens (tertiary/aromatic N) is 3. The van der Waals surface area contributed by atoms with E-state index in [2.05, 4.69) is 15.4 Å². The molecule has 2 N–H and O–H groups in total. The van der Waals surface area contributed by atoms with E-state index in [4.69, 9.17) is 14.6 Å². The Hall–Kier alpha value is -2.83. The molecule has 3 rings (SSSR count). The SMILES string of the molecule is FC(F)(F)c1cc(OC2CCNCC2)cc(-n2cncn2)c1.O=C(O)C(F)(F)F. The highest BCUT2D eigenvalue weighted by Crippen LogP contribution is 2.34. The summed E-state index contributed by atoms with van der Waals surface area (Å²) in [7, 11) is 0. The molecule has 2 heterocycles. The summed E-state index contributed by atoms with van der Waals surface area (Å²) in [5, 5.41) is 14.2. The zero-order chi connectivity index (χ0) is 21.7. The van der Waals surface area contributed by atoms with Gasteiger partial charge in [-0.15, -0.1) is 0 Å². The maximum atomic E-state index is 13.1. The van der Waals surface area contributed by atoms with Crippen LogP contribution in [0.25, 0.3) is 5.69 Å². The topological polar surface area (TPSA) is 89.3 Å². The second kappa shape index (κ2) is 9.11. The van der Waals surface area contributed by atoms with Crippen molar-refractivity contribution < 1.29 is 41.0 Å². The number of halogens is 6. The smallest absolute Gasteiger partial charge is 0.490 e. The first-order valence-corrected chi connectivity index (χ1v) is 8.21. The normalized spacial score (nSPS) is 15.4. The second-order valence-corrected chi connectivity index (χ2v) is 5.92. The summed E-state index contributed by atoms with van der Waals surface area (Å²) in [6, 6.07) is 3.61. The van der Waals surface area contributed by atoms with E-state index >= 15 is 0 Å². The van der Waals surface area contributed by atoms with Crippen LogP contribution in [0.5, 0.6) is 5.75 Å². The summed E-state index contributed by atoms with van der Waals surface area (Å²) in [6.45, 7) is 1.61. The predicted molar refractivity (Wildman–Crippen MR) is 86.6 cm³/mol. The van der Waals surface area contributed by atoms with Crippen LogP contribution in [0, 0.1) is 0 Å². The molecule has 0 amide bonds. The fourth-order valence-corrected chi connectivity index (χ4v) is 2.39. The molecule has 0 radical (unpaired) electrons. The molecule has 29 heavy (non-hydrogen) atoms. The van der Waals surface area contributed by atoms with Crippen LogP contribution in [0.3, 0.4) is 0 Å². The molecular formula is C16H16F6N4O3. The molecule has 0 aliphatic carbocycles. The molecular weight excluding hydrogens is 410 g/mol. The fraction of sp³-hybridized carbons (Fsp3) is 0.438. The van der Waals surface area contributed by atoms with Crippen LogP contribution < -0.4 is 10.1 Å². The lowest BCUT2D eigenvalue weighted by Crippen LogP contribution is -2.34. The van der Waals surface area contributed by atoms with Crippen molar-refractivity contribution in [2.75, 3.05) is 13.1 Å². The van der Waals surface area contributed by atoms with Crippen LogP contribution in [-0.2, 0) is 11.0 Å². The maximum absolute atomic E-state index is 13.1.